The minimum atomic E-state index is -1.28. The Morgan fingerprint density at radius 3 is 2.38 bits per heavy atom. The Bertz CT molecular complexity index is 1480. The minimum Gasteiger partial charge on any atom is -0.478 e. The number of nitrogens with one attached hydrogen (secondary N) is 1. The van der Waals surface area contributed by atoms with Gasteiger partial charge in [0.2, 0.25) is 11.8 Å². The molecule has 0 spiro atoms. The molecule has 3 heterocycles. The van der Waals surface area contributed by atoms with Crippen molar-refractivity contribution in [3.63, 3.8) is 0 Å². The second-order valence-corrected chi connectivity index (χ2v) is 12.1. The summed E-state index contributed by atoms with van der Waals surface area (Å²) >= 11 is 1.22. The molecule has 5 rings (SSSR count). The molecule has 2 saturated heterocycles. The number of rotatable bonds is 9. The molecule has 0 aromatic heterocycles. The average Bonchev–Trinajstić information content (AvgIpc) is 3.43. The normalized spacial score (nSPS) is 26.2. The lowest BCUT2D eigenvalue weighted by atomic mass is 9.79. The largest absolute Gasteiger partial charge is 0.478 e. The van der Waals surface area contributed by atoms with Crippen molar-refractivity contribution in [2.45, 2.75) is 50.3 Å². The van der Waals surface area contributed by atoms with Gasteiger partial charge in [0, 0.05) is 40.4 Å². The maximum Gasteiger partial charge on any atom is 0.353 e. The first-order valence-electron chi connectivity index (χ1n) is 13.4. The highest BCUT2D eigenvalue weighted by Crippen LogP contribution is 2.52. The van der Waals surface area contributed by atoms with Crippen LogP contribution in [0.2, 0.25) is 0 Å². The zero-order valence-corrected chi connectivity index (χ0v) is 23.5. The molecule has 2 aromatic carbocycles. The zero-order valence-electron chi connectivity index (χ0n) is 22.7. The van der Waals surface area contributed by atoms with Crippen LogP contribution in [0, 0.1) is 23.5 Å². The van der Waals surface area contributed by atoms with Crippen molar-refractivity contribution in [2.75, 3.05) is 11.9 Å². The van der Waals surface area contributed by atoms with Gasteiger partial charge in [-0.05, 0) is 43.7 Å². The molecular formula is C29H29F2N3O7S. The number of fused-ring (bicyclic) bond motifs is 1. The summed E-state index contributed by atoms with van der Waals surface area (Å²) in [6.45, 7) is 3.22. The number of β-lactam (4-membered cyclic amide) rings is 1. The maximum absolute atomic E-state index is 14.6. The van der Waals surface area contributed by atoms with Crippen LogP contribution < -0.4 is 5.32 Å². The fourth-order valence-corrected chi connectivity index (χ4v) is 7.65. The van der Waals surface area contributed by atoms with Crippen LogP contribution in [0.5, 0.6) is 0 Å². The number of carbonyl (C=O) groups is 4. The minimum absolute atomic E-state index is 0.0315. The predicted molar refractivity (Wildman–Crippen MR) is 148 cm³/mol. The molecule has 2 aromatic rings. The van der Waals surface area contributed by atoms with Crippen LogP contribution in [-0.4, -0.2) is 78.9 Å². The number of anilines is 1. The summed E-state index contributed by atoms with van der Waals surface area (Å²) in [6, 6.07) is 7.77. The zero-order chi connectivity index (χ0) is 30.5. The van der Waals surface area contributed by atoms with Gasteiger partial charge < -0.3 is 25.5 Å². The third kappa shape index (κ3) is 5.27. The molecule has 42 heavy (non-hydrogen) atoms. The van der Waals surface area contributed by atoms with E-state index >= 15 is 0 Å². The first-order valence-corrected chi connectivity index (χ1v) is 14.2. The summed E-state index contributed by atoms with van der Waals surface area (Å²) in [6.07, 6.45) is -0.766. The first-order chi connectivity index (χ1) is 19.9. The molecule has 0 unspecified atom stereocenters. The molecule has 6 atom stereocenters. The van der Waals surface area contributed by atoms with E-state index < -0.39 is 59.5 Å². The van der Waals surface area contributed by atoms with Crippen molar-refractivity contribution in [3.05, 3.63) is 75.8 Å². The van der Waals surface area contributed by atoms with Gasteiger partial charge in [-0.2, -0.15) is 0 Å². The lowest BCUT2D eigenvalue weighted by molar-refractivity contribution is -0.163. The van der Waals surface area contributed by atoms with Crippen molar-refractivity contribution in [2.24, 2.45) is 11.8 Å². The van der Waals surface area contributed by atoms with E-state index in [1.165, 1.54) is 53.9 Å². The van der Waals surface area contributed by atoms with Gasteiger partial charge in [0.15, 0.2) is 0 Å². The SMILES string of the molecule is C[C@@H](O)[C@H]1C(=O)N2C(C(=O)O)=C(S[C@H]3C[C@@H](C(=O)Nc4cccc(C(=O)O)c4)N(Cc4c(F)cccc4F)C3)[C@H](C)[C@H]12. The van der Waals surface area contributed by atoms with Gasteiger partial charge in [-0.3, -0.25) is 14.5 Å². The molecule has 4 N–H and O–H groups in total. The highest BCUT2D eigenvalue weighted by molar-refractivity contribution is 8.03. The Morgan fingerprint density at radius 2 is 1.76 bits per heavy atom. The number of nitrogens with zero attached hydrogens (tertiary/aromatic N) is 2. The van der Waals surface area contributed by atoms with Crippen LogP contribution in [0.3, 0.4) is 0 Å². The number of hydrogen-bond acceptors (Lipinski definition) is 7. The number of aliphatic hydroxyl groups excluding tert-OH is 1. The Labute approximate surface area is 244 Å². The number of aliphatic hydroxyl groups is 1. The van der Waals surface area contributed by atoms with E-state index in [1.54, 1.807) is 11.8 Å². The van der Waals surface area contributed by atoms with Crippen LogP contribution >= 0.6 is 11.8 Å². The number of halogens is 2. The number of likely N-dealkylation sites (tertiary alicyclic amines) is 1. The van der Waals surface area contributed by atoms with E-state index in [0.29, 0.717) is 4.91 Å². The Morgan fingerprint density at radius 1 is 1.10 bits per heavy atom. The van der Waals surface area contributed by atoms with Crippen LogP contribution in [0.25, 0.3) is 0 Å². The molecule has 13 heteroatoms. The van der Waals surface area contributed by atoms with Crippen LogP contribution in [0.15, 0.2) is 53.1 Å². The Balaban J connectivity index is 1.42. The molecule has 3 aliphatic heterocycles. The van der Waals surface area contributed by atoms with Gasteiger partial charge >= 0.3 is 11.9 Å². The standard InChI is InChI=1S/C29H29F2N3O7S/c1-13-23-22(14(2)35)27(37)34(23)24(29(40)41)25(13)42-17-10-21(26(36)32-16-6-3-5-15(9-16)28(38)39)33(11-17)12-18-19(30)7-4-8-20(18)31/h3-9,13-14,17,21-23,35H,10-12H2,1-2H3,(H,32,36)(H,38,39)(H,40,41)/t13-,14-,17+,21+,22-,23-/m1/s1. The number of aliphatic carboxylic acids is 1. The summed E-state index contributed by atoms with van der Waals surface area (Å²) in [5, 5.41) is 31.7. The third-order valence-electron chi connectivity index (χ3n) is 8.07. The monoisotopic (exact) mass is 601 g/mol. The molecule has 0 aliphatic carbocycles. The number of hydrogen-bond donors (Lipinski definition) is 4. The molecule has 2 fully saturated rings. The molecule has 10 nitrogen and oxygen atoms in total. The Kier molecular flexibility index (Phi) is 8.10. The van der Waals surface area contributed by atoms with E-state index in [-0.39, 0.29) is 53.2 Å². The molecule has 3 aliphatic rings. The van der Waals surface area contributed by atoms with Crippen molar-refractivity contribution >= 4 is 41.2 Å². The van der Waals surface area contributed by atoms with Crippen LogP contribution in [-0.2, 0) is 20.9 Å². The maximum atomic E-state index is 14.6. The van der Waals surface area contributed by atoms with Crippen molar-refractivity contribution in [1.29, 1.82) is 0 Å². The molecule has 0 bridgehead atoms. The average molecular weight is 602 g/mol. The Hall–Kier alpha value is -3.81. The second-order valence-electron chi connectivity index (χ2n) is 10.8. The van der Waals surface area contributed by atoms with E-state index in [0.717, 1.165) is 12.1 Å². The van der Waals surface area contributed by atoms with Gasteiger partial charge in [-0.25, -0.2) is 18.4 Å². The summed E-state index contributed by atoms with van der Waals surface area (Å²) < 4.78 is 29.2. The van der Waals surface area contributed by atoms with E-state index in [9.17, 15) is 43.3 Å². The van der Waals surface area contributed by atoms with Gasteiger partial charge in [-0.1, -0.05) is 19.1 Å². The number of carbonyl (C=O) groups excluding carboxylic acids is 2. The van der Waals surface area contributed by atoms with Crippen molar-refractivity contribution in [3.8, 4) is 0 Å². The predicted octanol–water partition coefficient (Wildman–Crippen LogP) is 3.13. The lowest BCUT2D eigenvalue weighted by Crippen LogP contribution is -2.63. The van der Waals surface area contributed by atoms with E-state index in [4.69, 9.17) is 0 Å². The topological polar surface area (TPSA) is 147 Å². The number of carboxylic acid groups (broad SMARTS) is 2. The molecular weight excluding hydrogens is 572 g/mol. The highest BCUT2D eigenvalue weighted by Gasteiger charge is 2.60. The summed E-state index contributed by atoms with van der Waals surface area (Å²) in [7, 11) is 0. The number of thioether (sulfide) groups is 1. The van der Waals surface area contributed by atoms with Gasteiger partial charge in [0.1, 0.15) is 17.3 Å². The quantitative estimate of drug-likeness (QED) is 0.318. The number of carboxylic acids is 2. The van der Waals surface area contributed by atoms with Crippen molar-refractivity contribution < 1.29 is 43.3 Å². The second kappa shape index (κ2) is 11.5. The van der Waals surface area contributed by atoms with Crippen LogP contribution in [0.4, 0.5) is 14.5 Å². The van der Waals surface area contributed by atoms with Gasteiger partial charge in [-0.15, -0.1) is 11.8 Å². The number of amides is 2. The molecule has 0 radical (unpaired) electrons. The summed E-state index contributed by atoms with van der Waals surface area (Å²) in [5.41, 5.74) is -0.163. The summed E-state index contributed by atoms with van der Waals surface area (Å²) in [4.78, 5) is 53.1. The first kappa shape index (κ1) is 29.7. The van der Waals surface area contributed by atoms with Gasteiger partial charge in [0.25, 0.3) is 0 Å². The van der Waals surface area contributed by atoms with Gasteiger partial charge in [0.05, 0.1) is 29.7 Å². The number of aromatic carboxylic acids is 1. The smallest absolute Gasteiger partial charge is 0.353 e. The number of benzene rings is 2. The molecule has 2 amide bonds. The van der Waals surface area contributed by atoms with Crippen molar-refractivity contribution in [1.82, 2.24) is 9.80 Å². The fraction of sp³-hybridized carbons (Fsp3) is 0.379. The third-order valence-corrected chi connectivity index (χ3v) is 9.57. The van der Waals surface area contributed by atoms with Crippen LogP contribution in [0.1, 0.15) is 36.2 Å². The molecule has 0 saturated carbocycles. The lowest BCUT2D eigenvalue weighted by Gasteiger charge is -2.46. The van der Waals surface area contributed by atoms with E-state index in [2.05, 4.69) is 5.32 Å². The molecule has 222 valence electrons. The highest BCUT2D eigenvalue weighted by atomic mass is 32.2. The fourth-order valence-electron chi connectivity index (χ4n) is 6.09. The summed E-state index contributed by atoms with van der Waals surface area (Å²) in [5.74, 6) is -6.08. The van der Waals surface area contributed by atoms with E-state index in [1.807, 2.05) is 0 Å².